The van der Waals surface area contributed by atoms with Crippen molar-refractivity contribution >= 4 is 55.5 Å². The highest BCUT2D eigenvalue weighted by molar-refractivity contribution is 6.32. The summed E-state index contributed by atoms with van der Waals surface area (Å²) in [7, 11) is 1.70. The van der Waals surface area contributed by atoms with Crippen molar-refractivity contribution in [2.45, 2.75) is 6.92 Å². The van der Waals surface area contributed by atoms with Gasteiger partial charge in [0.2, 0.25) is 0 Å². The Balaban J connectivity index is 1.80. The molecule has 0 fully saturated rings. The number of fused-ring (bicyclic) bond motifs is 5. The Morgan fingerprint density at radius 3 is 1.54 bits per heavy atom. The van der Waals surface area contributed by atoms with Gasteiger partial charge in [-0.2, -0.15) is 0 Å². The van der Waals surface area contributed by atoms with Crippen LogP contribution in [0.5, 0.6) is 5.75 Å². The number of halogens is 2. The first-order valence-corrected chi connectivity index (χ1v) is 12.3. The summed E-state index contributed by atoms with van der Waals surface area (Å²) in [5, 5.41) is 8.57. The van der Waals surface area contributed by atoms with Crippen LogP contribution in [-0.4, -0.2) is 7.11 Å². The van der Waals surface area contributed by atoms with Crippen LogP contribution < -0.4 is 4.74 Å². The molecule has 0 aromatic heterocycles. The smallest absolute Gasteiger partial charge is 0.126 e. The van der Waals surface area contributed by atoms with Gasteiger partial charge in [0.05, 0.1) is 7.11 Å². The maximum absolute atomic E-state index is 6.44. The maximum atomic E-state index is 6.44. The van der Waals surface area contributed by atoms with Gasteiger partial charge in [0.15, 0.2) is 0 Å². The number of rotatable bonds is 3. The molecule has 0 radical (unpaired) electrons. The zero-order chi connectivity index (χ0) is 24.1. The number of aryl methyl sites for hydroxylation is 1. The molecule has 0 bridgehead atoms. The summed E-state index contributed by atoms with van der Waals surface area (Å²) in [6.07, 6.45) is 0. The molecule has 35 heavy (non-hydrogen) atoms. The summed E-state index contributed by atoms with van der Waals surface area (Å²) in [5.41, 5.74) is 5.62. The Bertz CT molecular complexity index is 1770. The van der Waals surface area contributed by atoms with Crippen LogP contribution in [0, 0.1) is 6.92 Å². The number of hydrogen-bond acceptors (Lipinski definition) is 1. The molecule has 0 spiro atoms. The van der Waals surface area contributed by atoms with Crippen LogP contribution in [0.15, 0.2) is 97.1 Å². The van der Waals surface area contributed by atoms with Crippen molar-refractivity contribution in [3.8, 4) is 28.0 Å². The van der Waals surface area contributed by atoms with Crippen LogP contribution in [0.25, 0.3) is 54.6 Å². The molecule has 1 nitrogen and oxygen atoms in total. The molecule has 6 aromatic carbocycles. The van der Waals surface area contributed by atoms with Crippen LogP contribution in [0.4, 0.5) is 0 Å². The minimum Gasteiger partial charge on any atom is -0.496 e. The lowest BCUT2D eigenvalue weighted by atomic mass is 9.87. The van der Waals surface area contributed by atoms with Gasteiger partial charge in [-0.05, 0) is 104 Å². The van der Waals surface area contributed by atoms with Gasteiger partial charge in [-0.25, -0.2) is 0 Å². The molecule has 0 unspecified atom stereocenters. The van der Waals surface area contributed by atoms with Crippen molar-refractivity contribution in [2.75, 3.05) is 7.11 Å². The van der Waals surface area contributed by atoms with E-state index < -0.39 is 0 Å². The first-order chi connectivity index (χ1) is 17.0. The SMILES string of the molecule is COc1ccc(Cl)cc1-c1cc2c3ccccc3c(-c3cc(Cl)ccc3C)cc2c2ccccc12. The first-order valence-electron chi connectivity index (χ1n) is 11.5. The molecule has 3 heteroatoms. The third kappa shape index (κ3) is 3.63. The molecule has 0 saturated carbocycles. The third-order valence-electron chi connectivity index (χ3n) is 6.82. The summed E-state index contributed by atoms with van der Waals surface area (Å²) < 4.78 is 5.73. The molecule has 0 saturated heterocycles. The van der Waals surface area contributed by atoms with E-state index in [0.29, 0.717) is 5.02 Å². The molecule has 0 heterocycles. The van der Waals surface area contributed by atoms with E-state index in [4.69, 9.17) is 27.9 Å². The van der Waals surface area contributed by atoms with E-state index in [1.54, 1.807) is 7.11 Å². The monoisotopic (exact) mass is 492 g/mol. The fourth-order valence-electron chi connectivity index (χ4n) is 5.17. The molecule has 0 N–H and O–H groups in total. The number of hydrogen-bond donors (Lipinski definition) is 0. The fourth-order valence-corrected chi connectivity index (χ4v) is 5.52. The Hall–Kier alpha value is -3.52. The van der Waals surface area contributed by atoms with Gasteiger partial charge < -0.3 is 4.74 Å². The Kier molecular flexibility index (Phi) is 5.40. The molecule has 0 aliphatic heterocycles. The normalized spacial score (nSPS) is 11.4. The van der Waals surface area contributed by atoms with Crippen LogP contribution in [0.1, 0.15) is 5.56 Å². The Morgan fingerprint density at radius 2 is 0.971 bits per heavy atom. The van der Waals surface area contributed by atoms with Crippen molar-refractivity contribution < 1.29 is 4.74 Å². The lowest BCUT2D eigenvalue weighted by Gasteiger charge is -2.18. The average Bonchev–Trinajstić information content (AvgIpc) is 2.89. The van der Waals surface area contributed by atoms with Gasteiger partial charge in [-0.15, -0.1) is 0 Å². The van der Waals surface area contributed by atoms with Crippen LogP contribution in [0.2, 0.25) is 10.0 Å². The van der Waals surface area contributed by atoms with Crippen molar-refractivity contribution in [3.63, 3.8) is 0 Å². The highest BCUT2D eigenvalue weighted by atomic mass is 35.5. The van der Waals surface area contributed by atoms with Gasteiger partial charge in [0.25, 0.3) is 0 Å². The quantitative estimate of drug-likeness (QED) is 0.223. The van der Waals surface area contributed by atoms with Gasteiger partial charge in [-0.3, -0.25) is 0 Å². The summed E-state index contributed by atoms with van der Waals surface area (Å²) in [4.78, 5) is 0. The molecule has 0 atom stereocenters. The second-order valence-corrected chi connectivity index (χ2v) is 9.71. The van der Waals surface area contributed by atoms with Gasteiger partial charge >= 0.3 is 0 Å². The van der Waals surface area contributed by atoms with E-state index in [0.717, 1.165) is 32.8 Å². The Morgan fingerprint density at radius 1 is 0.486 bits per heavy atom. The molecule has 0 amide bonds. The molecule has 6 rings (SSSR count). The van der Waals surface area contributed by atoms with Gasteiger partial charge in [0, 0.05) is 15.6 Å². The van der Waals surface area contributed by atoms with E-state index >= 15 is 0 Å². The van der Waals surface area contributed by atoms with Gasteiger partial charge in [-0.1, -0.05) is 77.8 Å². The van der Waals surface area contributed by atoms with Crippen LogP contribution >= 0.6 is 23.2 Å². The fraction of sp³-hybridized carbons (Fsp3) is 0.0625. The van der Waals surface area contributed by atoms with Crippen molar-refractivity contribution in [1.29, 1.82) is 0 Å². The van der Waals surface area contributed by atoms with E-state index in [9.17, 15) is 0 Å². The molecular formula is C32H22Cl2O. The second kappa shape index (κ2) is 8.61. The standard InChI is InChI=1S/C32H22Cl2O/c1-19-11-12-20(33)15-26(19)27-17-28-24-9-5-6-10-25(24)30(31-16-21(34)13-14-32(31)35-2)18-29(28)23-8-4-3-7-22(23)27/h3-18H,1-2H3. The van der Waals surface area contributed by atoms with Crippen molar-refractivity contribution in [3.05, 3.63) is 113 Å². The van der Waals surface area contributed by atoms with Crippen LogP contribution in [-0.2, 0) is 0 Å². The molecule has 170 valence electrons. The molecule has 0 aliphatic rings. The number of methoxy groups -OCH3 is 1. The molecule has 6 aromatic rings. The number of benzene rings is 6. The predicted molar refractivity (Wildman–Crippen MR) is 151 cm³/mol. The molecular weight excluding hydrogens is 471 g/mol. The zero-order valence-corrected chi connectivity index (χ0v) is 20.9. The van der Waals surface area contributed by atoms with E-state index in [1.165, 1.54) is 38.1 Å². The van der Waals surface area contributed by atoms with Crippen molar-refractivity contribution in [2.24, 2.45) is 0 Å². The highest BCUT2D eigenvalue weighted by Gasteiger charge is 2.17. The van der Waals surface area contributed by atoms with E-state index in [2.05, 4.69) is 79.7 Å². The average molecular weight is 493 g/mol. The minimum atomic E-state index is 0.682. The highest BCUT2D eigenvalue weighted by Crippen LogP contribution is 2.44. The van der Waals surface area contributed by atoms with E-state index in [-0.39, 0.29) is 0 Å². The minimum absolute atomic E-state index is 0.682. The predicted octanol–water partition coefficient (Wildman–Crippen LogP) is 10.1. The largest absolute Gasteiger partial charge is 0.496 e. The summed E-state index contributed by atoms with van der Waals surface area (Å²) in [6, 6.07) is 33.6. The topological polar surface area (TPSA) is 9.23 Å². The van der Waals surface area contributed by atoms with Crippen molar-refractivity contribution in [1.82, 2.24) is 0 Å². The van der Waals surface area contributed by atoms with Gasteiger partial charge in [0.1, 0.15) is 5.75 Å². The van der Waals surface area contributed by atoms with Crippen LogP contribution in [0.3, 0.4) is 0 Å². The summed E-state index contributed by atoms with van der Waals surface area (Å²) in [5.74, 6) is 0.800. The zero-order valence-electron chi connectivity index (χ0n) is 19.4. The molecule has 0 aliphatic carbocycles. The summed E-state index contributed by atoms with van der Waals surface area (Å²) >= 11 is 12.9. The number of ether oxygens (including phenoxy) is 1. The maximum Gasteiger partial charge on any atom is 0.126 e. The third-order valence-corrected chi connectivity index (χ3v) is 7.29. The lowest BCUT2D eigenvalue weighted by molar-refractivity contribution is 0.416. The first kappa shape index (κ1) is 22.0. The lowest BCUT2D eigenvalue weighted by Crippen LogP contribution is -1.92. The Labute approximate surface area is 214 Å². The van der Waals surface area contributed by atoms with E-state index in [1.807, 2.05) is 24.3 Å². The summed E-state index contributed by atoms with van der Waals surface area (Å²) in [6.45, 7) is 2.14. The second-order valence-electron chi connectivity index (χ2n) is 8.84.